The molecule has 0 unspecified atom stereocenters. The number of nitrogens with zero attached hydrogens (tertiary/aromatic N) is 5. The Morgan fingerprint density at radius 1 is 1.13 bits per heavy atom. The molecule has 0 saturated heterocycles. The molecule has 152 valence electrons. The first-order valence-electron chi connectivity index (χ1n) is 9.32. The van der Waals surface area contributed by atoms with E-state index in [0.29, 0.717) is 28.3 Å². The fourth-order valence-electron chi connectivity index (χ4n) is 3.00. The molecule has 0 aliphatic carbocycles. The van der Waals surface area contributed by atoms with Crippen LogP contribution in [0.2, 0.25) is 0 Å². The van der Waals surface area contributed by atoms with E-state index in [1.54, 1.807) is 0 Å². The van der Waals surface area contributed by atoms with Gasteiger partial charge in [-0.1, -0.05) is 40.7 Å². The highest BCUT2D eigenvalue weighted by Crippen LogP contribution is 2.26. The first kappa shape index (κ1) is 19.8. The summed E-state index contributed by atoms with van der Waals surface area (Å²) in [6.45, 7) is 5.38. The number of carbonyl (C=O) groups is 1. The third-order valence-electron chi connectivity index (χ3n) is 4.28. The van der Waals surface area contributed by atoms with Gasteiger partial charge < -0.3 is 9.84 Å². The normalized spacial score (nSPS) is 10.9. The van der Waals surface area contributed by atoms with Gasteiger partial charge in [0.1, 0.15) is 5.82 Å². The zero-order chi connectivity index (χ0) is 21.1. The summed E-state index contributed by atoms with van der Waals surface area (Å²) in [5.74, 6) is 2.18. The monoisotopic (exact) mass is 420 g/mol. The number of aryl methyl sites for hydroxylation is 2. The number of amides is 1. The van der Waals surface area contributed by atoms with E-state index in [9.17, 15) is 4.79 Å². The molecule has 0 atom stereocenters. The summed E-state index contributed by atoms with van der Waals surface area (Å²) in [4.78, 5) is 15.8. The second-order valence-corrected chi connectivity index (χ2v) is 7.71. The van der Waals surface area contributed by atoms with Gasteiger partial charge in [-0.05, 0) is 44.2 Å². The van der Waals surface area contributed by atoms with Crippen molar-refractivity contribution in [1.29, 1.82) is 0 Å². The molecular formula is C21H20N6O2S. The number of benzene rings is 2. The van der Waals surface area contributed by atoms with E-state index < -0.39 is 0 Å². The maximum absolute atomic E-state index is 11.4. The van der Waals surface area contributed by atoms with Crippen molar-refractivity contribution in [3.63, 3.8) is 0 Å². The standard InChI is InChI=1S/C21H20N6O2S/c1-13-6-4-7-16(10-13)20-23-19(26-29-20)12-30-21-25-24-14(2)27(21)18-9-5-8-17(11-18)22-15(3)28/h4-11H,12H2,1-3H3,(H,22,28). The largest absolute Gasteiger partial charge is 0.334 e. The Morgan fingerprint density at radius 3 is 2.77 bits per heavy atom. The zero-order valence-corrected chi connectivity index (χ0v) is 17.6. The molecule has 0 spiro atoms. The maximum Gasteiger partial charge on any atom is 0.257 e. The van der Waals surface area contributed by atoms with Crippen LogP contribution in [-0.4, -0.2) is 30.8 Å². The Kier molecular flexibility index (Phi) is 5.62. The highest BCUT2D eigenvalue weighted by atomic mass is 32.2. The number of aromatic nitrogens is 5. The van der Waals surface area contributed by atoms with Crippen LogP contribution in [0.5, 0.6) is 0 Å². The van der Waals surface area contributed by atoms with Crippen molar-refractivity contribution in [1.82, 2.24) is 24.9 Å². The second kappa shape index (κ2) is 8.50. The van der Waals surface area contributed by atoms with Crippen molar-refractivity contribution in [3.8, 4) is 17.1 Å². The molecule has 2 aromatic heterocycles. The molecular weight excluding hydrogens is 400 g/mol. The van der Waals surface area contributed by atoms with Crippen LogP contribution in [0.1, 0.15) is 24.1 Å². The van der Waals surface area contributed by atoms with Crippen LogP contribution in [-0.2, 0) is 10.5 Å². The van der Waals surface area contributed by atoms with E-state index in [1.807, 2.05) is 66.9 Å². The van der Waals surface area contributed by atoms with Gasteiger partial charge in [0, 0.05) is 18.2 Å². The van der Waals surface area contributed by atoms with Gasteiger partial charge in [-0.15, -0.1) is 10.2 Å². The number of hydrogen-bond acceptors (Lipinski definition) is 7. The molecule has 0 aliphatic rings. The topological polar surface area (TPSA) is 98.7 Å². The third-order valence-corrected chi connectivity index (χ3v) is 5.21. The van der Waals surface area contributed by atoms with Crippen molar-refractivity contribution < 1.29 is 9.32 Å². The van der Waals surface area contributed by atoms with Crippen molar-refractivity contribution in [2.75, 3.05) is 5.32 Å². The molecule has 9 heteroatoms. The summed E-state index contributed by atoms with van der Waals surface area (Å²) < 4.78 is 7.34. The summed E-state index contributed by atoms with van der Waals surface area (Å²) in [5, 5.41) is 16.1. The fraction of sp³-hybridized carbons (Fsp3) is 0.190. The summed E-state index contributed by atoms with van der Waals surface area (Å²) >= 11 is 1.46. The quantitative estimate of drug-likeness (QED) is 0.467. The van der Waals surface area contributed by atoms with Gasteiger partial charge in [0.05, 0.1) is 11.4 Å². The average Bonchev–Trinajstić information content (AvgIpc) is 3.33. The van der Waals surface area contributed by atoms with Crippen LogP contribution in [0.4, 0.5) is 5.69 Å². The number of nitrogens with one attached hydrogen (secondary N) is 1. The van der Waals surface area contributed by atoms with E-state index in [0.717, 1.165) is 22.6 Å². The maximum atomic E-state index is 11.4. The Bertz CT molecular complexity index is 1200. The van der Waals surface area contributed by atoms with Crippen LogP contribution < -0.4 is 5.32 Å². The minimum Gasteiger partial charge on any atom is -0.334 e. The molecule has 30 heavy (non-hydrogen) atoms. The molecule has 0 fully saturated rings. The summed E-state index contributed by atoms with van der Waals surface area (Å²) in [5.41, 5.74) is 3.60. The van der Waals surface area contributed by atoms with Gasteiger partial charge in [-0.2, -0.15) is 4.98 Å². The lowest BCUT2D eigenvalue weighted by molar-refractivity contribution is -0.114. The average molecular weight is 420 g/mol. The van der Waals surface area contributed by atoms with Crippen molar-refractivity contribution in [2.24, 2.45) is 0 Å². The van der Waals surface area contributed by atoms with Crippen LogP contribution in [0.3, 0.4) is 0 Å². The van der Waals surface area contributed by atoms with E-state index >= 15 is 0 Å². The van der Waals surface area contributed by atoms with Gasteiger partial charge in [0.25, 0.3) is 5.89 Å². The number of carbonyl (C=O) groups excluding carboxylic acids is 1. The van der Waals surface area contributed by atoms with E-state index in [-0.39, 0.29) is 5.91 Å². The third kappa shape index (κ3) is 4.41. The van der Waals surface area contributed by atoms with E-state index in [2.05, 4.69) is 25.7 Å². The van der Waals surface area contributed by atoms with E-state index in [1.165, 1.54) is 18.7 Å². The molecule has 0 bridgehead atoms. The predicted molar refractivity (Wildman–Crippen MR) is 114 cm³/mol. The lowest BCUT2D eigenvalue weighted by atomic mass is 10.1. The number of anilines is 1. The number of rotatable bonds is 6. The van der Waals surface area contributed by atoms with Gasteiger partial charge in [0.15, 0.2) is 11.0 Å². The molecule has 4 rings (SSSR count). The Balaban J connectivity index is 1.53. The zero-order valence-electron chi connectivity index (χ0n) is 16.8. The summed E-state index contributed by atoms with van der Waals surface area (Å²) in [7, 11) is 0. The van der Waals surface area contributed by atoms with Crippen LogP contribution in [0.15, 0.2) is 58.2 Å². The predicted octanol–water partition coefficient (Wildman–Crippen LogP) is 4.18. The molecule has 0 saturated carbocycles. The van der Waals surface area contributed by atoms with Gasteiger partial charge in [-0.25, -0.2) is 0 Å². The minimum atomic E-state index is -0.122. The first-order valence-corrected chi connectivity index (χ1v) is 10.3. The molecule has 0 aliphatic heterocycles. The number of thioether (sulfide) groups is 1. The minimum absolute atomic E-state index is 0.122. The highest BCUT2D eigenvalue weighted by Gasteiger charge is 2.15. The lowest BCUT2D eigenvalue weighted by Gasteiger charge is -2.10. The Hall–Kier alpha value is -3.46. The van der Waals surface area contributed by atoms with Crippen LogP contribution >= 0.6 is 11.8 Å². The fourth-order valence-corrected chi connectivity index (χ4v) is 3.84. The first-order chi connectivity index (χ1) is 14.5. The summed E-state index contributed by atoms with van der Waals surface area (Å²) in [6.07, 6.45) is 0. The van der Waals surface area contributed by atoms with Crippen molar-refractivity contribution in [3.05, 3.63) is 65.7 Å². The molecule has 2 heterocycles. The lowest BCUT2D eigenvalue weighted by Crippen LogP contribution is -2.07. The molecule has 1 N–H and O–H groups in total. The SMILES string of the molecule is CC(=O)Nc1cccc(-n2c(C)nnc2SCc2noc(-c3cccc(C)c3)n2)c1. The molecule has 4 aromatic rings. The molecule has 1 amide bonds. The molecule has 2 aromatic carbocycles. The van der Waals surface area contributed by atoms with Crippen molar-refractivity contribution in [2.45, 2.75) is 31.7 Å². The Morgan fingerprint density at radius 2 is 1.97 bits per heavy atom. The van der Waals surface area contributed by atoms with Crippen LogP contribution in [0.25, 0.3) is 17.1 Å². The van der Waals surface area contributed by atoms with Crippen LogP contribution in [0, 0.1) is 13.8 Å². The van der Waals surface area contributed by atoms with E-state index in [4.69, 9.17) is 4.52 Å². The highest BCUT2D eigenvalue weighted by molar-refractivity contribution is 7.98. The molecule has 8 nitrogen and oxygen atoms in total. The van der Waals surface area contributed by atoms with Gasteiger partial charge in [0.2, 0.25) is 5.91 Å². The molecule has 0 radical (unpaired) electrons. The van der Waals surface area contributed by atoms with Gasteiger partial charge in [-0.3, -0.25) is 9.36 Å². The van der Waals surface area contributed by atoms with Gasteiger partial charge >= 0.3 is 0 Å². The Labute approximate surface area is 177 Å². The summed E-state index contributed by atoms with van der Waals surface area (Å²) in [6, 6.07) is 15.5. The number of hydrogen-bond donors (Lipinski definition) is 1. The van der Waals surface area contributed by atoms with Crippen molar-refractivity contribution >= 4 is 23.4 Å². The smallest absolute Gasteiger partial charge is 0.257 e. The second-order valence-electron chi connectivity index (χ2n) is 6.77.